The van der Waals surface area contributed by atoms with Crippen LogP contribution in [-0.2, 0) is 0 Å². The number of nitrogens with zero attached hydrogens (tertiary/aromatic N) is 2. The molecule has 0 aliphatic rings. The van der Waals surface area contributed by atoms with Crippen molar-refractivity contribution in [2.45, 2.75) is 0 Å². The number of hydrogen-bond donors (Lipinski definition) is 1. The topological polar surface area (TPSA) is 64.1 Å². The predicted molar refractivity (Wildman–Crippen MR) is 67.9 cm³/mol. The van der Waals surface area contributed by atoms with Gasteiger partial charge in [0.2, 0.25) is 11.8 Å². The van der Waals surface area contributed by atoms with Crippen LogP contribution in [0.5, 0.6) is 5.88 Å². The molecule has 0 radical (unpaired) electrons. The molecular weight excluding hydrogens is 292 g/mol. The molecule has 0 fully saturated rings. The van der Waals surface area contributed by atoms with Crippen molar-refractivity contribution >= 4 is 23.5 Å². The number of rotatable bonds is 3. The molecule has 0 atom stereocenters. The molecule has 1 aromatic heterocycles. The van der Waals surface area contributed by atoms with E-state index in [2.05, 4.69) is 15.3 Å². The summed E-state index contributed by atoms with van der Waals surface area (Å²) < 4.78 is 31.3. The number of methoxy groups -OCH3 is 1. The number of amides is 1. The van der Waals surface area contributed by atoms with Crippen molar-refractivity contribution in [1.29, 1.82) is 0 Å². The van der Waals surface area contributed by atoms with Crippen LogP contribution in [0.3, 0.4) is 0 Å². The number of halogens is 3. The Labute approximate surface area is 117 Å². The number of benzene rings is 1. The second-order valence-electron chi connectivity index (χ2n) is 3.63. The van der Waals surface area contributed by atoms with E-state index in [0.29, 0.717) is 0 Å². The Kier molecular flexibility index (Phi) is 4.09. The lowest BCUT2D eigenvalue weighted by Crippen LogP contribution is -2.16. The van der Waals surface area contributed by atoms with E-state index in [1.165, 1.54) is 13.2 Å². The fourth-order valence-electron chi connectivity index (χ4n) is 1.40. The third kappa shape index (κ3) is 3.18. The van der Waals surface area contributed by atoms with Gasteiger partial charge in [-0.05, 0) is 18.2 Å². The summed E-state index contributed by atoms with van der Waals surface area (Å²) in [5, 5.41) is 2.24. The zero-order valence-electron chi connectivity index (χ0n) is 10.2. The molecule has 1 heterocycles. The first-order chi connectivity index (χ1) is 9.49. The van der Waals surface area contributed by atoms with Gasteiger partial charge in [-0.15, -0.1) is 0 Å². The SMILES string of the molecule is COc1cc(Cl)nc(NC(=O)c2cc(F)ccc2F)n1. The van der Waals surface area contributed by atoms with E-state index in [9.17, 15) is 13.6 Å². The zero-order chi connectivity index (χ0) is 14.7. The van der Waals surface area contributed by atoms with E-state index in [4.69, 9.17) is 16.3 Å². The lowest BCUT2D eigenvalue weighted by atomic mass is 10.2. The largest absolute Gasteiger partial charge is 0.481 e. The Morgan fingerprint density at radius 3 is 2.75 bits per heavy atom. The monoisotopic (exact) mass is 299 g/mol. The van der Waals surface area contributed by atoms with Gasteiger partial charge in [0.25, 0.3) is 5.91 Å². The molecule has 8 heteroatoms. The van der Waals surface area contributed by atoms with Crippen LogP contribution in [0.2, 0.25) is 5.15 Å². The van der Waals surface area contributed by atoms with E-state index in [1.54, 1.807) is 0 Å². The molecule has 20 heavy (non-hydrogen) atoms. The van der Waals surface area contributed by atoms with Gasteiger partial charge in [-0.1, -0.05) is 11.6 Å². The van der Waals surface area contributed by atoms with Crippen LogP contribution in [0, 0.1) is 11.6 Å². The minimum atomic E-state index is -0.897. The summed E-state index contributed by atoms with van der Waals surface area (Å²) >= 11 is 5.70. The molecule has 1 amide bonds. The van der Waals surface area contributed by atoms with Crippen LogP contribution >= 0.6 is 11.6 Å². The summed E-state index contributed by atoms with van der Waals surface area (Å²) in [5.41, 5.74) is -0.465. The lowest BCUT2D eigenvalue weighted by molar-refractivity contribution is 0.102. The van der Waals surface area contributed by atoms with Crippen LogP contribution in [-0.4, -0.2) is 23.0 Å². The van der Waals surface area contributed by atoms with Crippen molar-refractivity contribution in [2.24, 2.45) is 0 Å². The Bertz CT molecular complexity index is 667. The number of nitrogens with one attached hydrogen (secondary N) is 1. The molecule has 2 rings (SSSR count). The first-order valence-electron chi connectivity index (χ1n) is 5.34. The highest BCUT2D eigenvalue weighted by atomic mass is 35.5. The molecule has 0 aliphatic carbocycles. The molecule has 0 saturated carbocycles. The summed E-state index contributed by atoms with van der Waals surface area (Å²) in [6.45, 7) is 0. The fourth-order valence-corrected chi connectivity index (χ4v) is 1.57. The van der Waals surface area contributed by atoms with Crippen molar-refractivity contribution < 1.29 is 18.3 Å². The van der Waals surface area contributed by atoms with Crippen LogP contribution in [0.4, 0.5) is 14.7 Å². The van der Waals surface area contributed by atoms with Crippen molar-refractivity contribution in [2.75, 3.05) is 12.4 Å². The molecule has 0 bridgehead atoms. The second-order valence-corrected chi connectivity index (χ2v) is 4.02. The molecule has 1 N–H and O–H groups in total. The number of ether oxygens (including phenoxy) is 1. The number of carbonyl (C=O) groups is 1. The Balaban J connectivity index is 2.27. The van der Waals surface area contributed by atoms with E-state index in [1.807, 2.05) is 0 Å². The van der Waals surface area contributed by atoms with Crippen LogP contribution in [0.1, 0.15) is 10.4 Å². The van der Waals surface area contributed by atoms with Gasteiger partial charge in [-0.2, -0.15) is 4.98 Å². The summed E-state index contributed by atoms with van der Waals surface area (Å²) in [5.74, 6) is -2.55. The van der Waals surface area contributed by atoms with E-state index in [-0.39, 0.29) is 17.0 Å². The highest BCUT2D eigenvalue weighted by Gasteiger charge is 2.15. The van der Waals surface area contributed by atoms with Crippen molar-refractivity contribution in [3.8, 4) is 5.88 Å². The minimum Gasteiger partial charge on any atom is -0.481 e. The number of anilines is 1. The molecule has 0 unspecified atom stereocenters. The molecule has 1 aromatic carbocycles. The highest BCUT2D eigenvalue weighted by molar-refractivity contribution is 6.29. The van der Waals surface area contributed by atoms with Gasteiger partial charge in [0.1, 0.15) is 16.8 Å². The molecule has 5 nitrogen and oxygen atoms in total. The Morgan fingerprint density at radius 1 is 1.30 bits per heavy atom. The predicted octanol–water partition coefficient (Wildman–Crippen LogP) is 2.67. The zero-order valence-corrected chi connectivity index (χ0v) is 10.9. The maximum Gasteiger partial charge on any atom is 0.261 e. The summed E-state index contributed by atoms with van der Waals surface area (Å²) in [6.07, 6.45) is 0. The molecular formula is C12H8ClF2N3O2. The van der Waals surface area contributed by atoms with Gasteiger partial charge in [0.15, 0.2) is 0 Å². The van der Waals surface area contributed by atoms with E-state index in [0.717, 1.165) is 18.2 Å². The van der Waals surface area contributed by atoms with Gasteiger partial charge in [-0.3, -0.25) is 10.1 Å². The highest BCUT2D eigenvalue weighted by Crippen LogP contribution is 2.17. The second kappa shape index (κ2) is 5.79. The lowest BCUT2D eigenvalue weighted by Gasteiger charge is -2.06. The fraction of sp³-hybridized carbons (Fsp3) is 0.0833. The Hall–Kier alpha value is -2.28. The van der Waals surface area contributed by atoms with Gasteiger partial charge >= 0.3 is 0 Å². The third-order valence-corrected chi connectivity index (χ3v) is 2.47. The van der Waals surface area contributed by atoms with Crippen molar-refractivity contribution in [3.63, 3.8) is 0 Å². The van der Waals surface area contributed by atoms with Gasteiger partial charge in [0, 0.05) is 6.07 Å². The summed E-state index contributed by atoms with van der Waals surface area (Å²) in [7, 11) is 1.36. The standard InChI is InChI=1S/C12H8ClF2N3O2/c1-20-10-5-9(13)16-12(17-10)18-11(19)7-4-6(14)2-3-8(7)15/h2-5H,1H3,(H,16,17,18,19). The van der Waals surface area contributed by atoms with Gasteiger partial charge in [-0.25, -0.2) is 13.8 Å². The Morgan fingerprint density at radius 2 is 2.05 bits per heavy atom. The van der Waals surface area contributed by atoms with E-state index < -0.39 is 23.1 Å². The quantitative estimate of drug-likeness (QED) is 0.885. The summed E-state index contributed by atoms with van der Waals surface area (Å²) in [6, 6.07) is 3.86. The van der Waals surface area contributed by atoms with E-state index >= 15 is 0 Å². The van der Waals surface area contributed by atoms with Crippen LogP contribution < -0.4 is 10.1 Å². The van der Waals surface area contributed by atoms with Gasteiger partial charge < -0.3 is 4.74 Å². The average Bonchev–Trinajstić information content (AvgIpc) is 2.40. The molecule has 2 aromatic rings. The normalized spacial score (nSPS) is 10.2. The first kappa shape index (κ1) is 14.1. The number of hydrogen-bond acceptors (Lipinski definition) is 4. The van der Waals surface area contributed by atoms with Crippen molar-refractivity contribution in [3.05, 3.63) is 46.6 Å². The number of aromatic nitrogens is 2. The first-order valence-corrected chi connectivity index (χ1v) is 5.72. The molecule has 0 saturated heterocycles. The smallest absolute Gasteiger partial charge is 0.261 e. The number of carbonyl (C=O) groups excluding carboxylic acids is 1. The van der Waals surface area contributed by atoms with Crippen LogP contribution in [0.25, 0.3) is 0 Å². The van der Waals surface area contributed by atoms with Gasteiger partial charge in [0.05, 0.1) is 12.7 Å². The third-order valence-electron chi connectivity index (χ3n) is 2.28. The van der Waals surface area contributed by atoms with Crippen LogP contribution in [0.15, 0.2) is 24.3 Å². The van der Waals surface area contributed by atoms with Crippen molar-refractivity contribution in [1.82, 2.24) is 9.97 Å². The molecule has 104 valence electrons. The molecule has 0 aliphatic heterocycles. The molecule has 0 spiro atoms. The average molecular weight is 300 g/mol. The maximum absolute atomic E-state index is 13.4. The summed E-state index contributed by atoms with van der Waals surface area (Å²) in [4.78, 5) is 19.3. The maximum atomic E-state index is 13.4. The minimum absolute atomic E-state index is 0.0341.